The molecule has 5 heteroatoms. The fraction of sp³-hybridized carbons (Fsp3) is 0.571. The highest BCUT2D eigenvalue weighted by molar-refractivity contribution is 7.89. The van der Waals surface area contributed by atoms with Crippen LogP contribution in [0.5, 0.6) is 0 Å². The molecule has 0 atom stereocenters. The number of hydrogen-bond donors (Lipinski definition) is 2. The molecule has 0 saturated carbocycles. The Hall–Kier alpha value is -0.910. The van der Waals surface area contributed by atoms with Crippen LogP contribution in [0.4, 0.5) is 0 Å². The highest BCUT2D eigenvalue weighted by Gasteiger charge is 2.13. The summed E-state index contributed by atoms with van der Waals surface area (Å²) in [5.74, 6) is 0.392. The number of sulfonamides is 1. The van der Waals surface area contributed by atoms with E-state index in [1.807, 2.05) is 12.1 Å². The number of aliphatic hydroxyl groups excluding tert-OH is 1. The number of hydrogen-bond acceptors (Lipinski definition) is 3. The maximum atomic E-state index is 12.0. The summed E-state index contributed by atoms with van der Waals surface area (Å²) < 4.78 is 26.5. The van der Waals surface area contributed by atoms with Gasteiger partial charge in [-0.3, -0.25) is 0 Å². The first kappa shape index (κ1) is 16.1. The number of benzene rings is 1. The van der Waals surface area contributed by atoms with E-state index >= 15 is 0 Å². The van der Waals surface area contributed by atoms with E-state index in [0.29, 0.717) is 23.8 Å². The molecule has 0 heterocycles. The molecular weight excluding hydrogens is 262 g/mol. The average Bonchev–Trinajstić information content (AvgIpc) is 2.38. The second-order valence-corrected chi connectivity index (χ2v) is 6.67. The second kappa shape index (κ2) is 7.62. The van der Waals surface area contributed by atoms with Crippen molar-refractivity contribution in [2.45, 2.75) is 43.9 Å². The van der Waals surface area contributed by atoms with Crippen molar-refractivity contribution in [1.82, 2.24) is 4.72 Å². The minimum Gasteiger partial charge on any atom is -0.396 e. The standard InChI is InChI=1S/C14H23NO3S/c1-12(2)13-6-8-14(9-7-13)19(17,18)15-10-4-3-5-11-16/h6-9,12,15-16H,3-5,10-11H2,1-2H3. The lowest BCUT2D eigenvalue weighted by Crippen LogP contribution is -2.24. The van der Waals surface area contributed by atoms with Crippen LogP contribution in [-0.4, -0.2) is 26.7 Å². The molecule has 0 spiro atoms. The van der Waals surface area contributed by atoms with E-state index in [0.717, 1.165) is 18.4 Å². The van der Waals surface area contributed by atoms with Crippen molar-refractivity contribution in [3.05, 3.63) is 29.8 Å². The Balaban J connectivity index is 2.57. The Labute approximate surface area is 115 Å². The quantitative estimate of drug-likeness (QED) is 0.720. The summed E-state index contributed by atoms with van der Waals surface area (Å²) in [6.07, 6.45) is 2.28. The molecule has 4 nitrogen and oxygen atoms in total. The fourth-order valence-corrected chi connectivity index (χ4v) is 2.81. The molecule has 0 fully saturated rings. The van der Waals surface area contributed by atoms with Crippen molar-refractivity contribution in [3.8, 4) is 0 Å². The molecule has 0 aliphatic rings. The predicted octanol–water partition coefficient (Wildman–Crippen LogP) is 2.25. The third-order valence-electron chi connectivity index (χ3n) is 2.98. The SMILES string of the molecule is CC(C)c1ccc(S(=O)(=O)NCCCCCO)cc1. The molecule has 108 valence electrons. The first-order chi connectivity index (χ1) is 8.97. The van der Waals surface area contributed by atoms with Crippen molar-refractivity contribution in [2.24, 2.45) is 0 Å². The molecule has 0 unspecified atom stereocenters. The minimum absolute atomic E-state index is 0.156. The lowest BCUT2D eigenvalue weighted by Gasteiger charge is -2.09. The summed E-state index contributed by atoms with van der Waals surface area (Å²) in [4.78, 5) is 0.305. The van der Waals surface area contributed by atoms with Crippen molar-refractivity contribution < 1.29 is 13.5 Å². The zero-order chi connectivity index (χ0) is 14.3. The van der Waals surface area contributed by atoms with E-state index in [1.165, 1.54) is 0 Å². The molecule has 0 aliphatic heterocycles. The average molecular weight is 285 g/mol. The summed E-state index contributed by atoms with van der Waals surface area (Å²) in [6.45, 7) is 4.71. The van der Waals surface area contributed by atoms with Gasteiger partial charge in [-0.25, -0.2) is 13.1 Å². The van der Waals surface area contributed by atoms with Crippen LogP contribution in [-0.2, 0) is 10.0 Å². The Morgan fingerprint density at radius 1 is 1.11 bits per heavy atom. The number of aliphatic hydroxyl groups is 1. The van der Waals surface area contributed by atoms with Crippen LogP contribution in [0.2, 0.25) is 0 Å². The second-order valence-electron chi connectivity index (χ2n) is 4.91. The smallest absolute Gasteiger partial charge is 0.240 e. The highest BCUT2D eigenvalue weighted by atomic mass is 32.2. The van der Waals surface area contributed by atoms with E-state index in [1.54, 1.807) is 12.1 Å². The topological polar surface area (TPSA) is 66.4 Å². The molecule has 0 bridgehead atoms. The third-order valence-corrected chi connectivity index (χ3v) is 4.46. The Bertz CT molecular complexity index is 466. The largest absolute Gasteiger partial charge is 0.396 e. The van der Waals surface area contributed by atoms with Gasteiger partial charge in [-0.15, -0.1) is 0 Å². The lowest BCUT2D eigenvalue weighted by molar-refractivity contribution is 0.283. The molecule has 1 aromatic carbocycles. The molecule has 0 radical (unpaired) electrons. The van der Waals surface area contributed by atoms with Gasteiger partial charge < -0.3 is 5.11 Å². The fourth-order valence-electron chi connectivity index (χ4n) is 1.74. The van der Waals surface area contributed by atoms with Gasteiger partial charge >= 0.3 is 0 Å². The maximum Gasteiger partial charge on any atom is 0.240 e. The Morgan fingerprint density at radius 2 is 1.74 bits per heavy atom. The van der Waals surface area contributed by atoms with Gasteiger partial charge in [0.2, 0.25) is 10.0 Å². The monoisotopic (exact) mass is 285 g/mol. The van der Waals surface area contributed by atoms with Gasteiger partial charge in [-0.2, -0.15) is 0 Å². The third kappa shape index (κ3) is 5.30. The van der Waals surface area contributed by atoms with E-state index in [2.05, 4.69) is 18.6 Å². The highest BCUT2D eigenvalue weighted by Crippen LogP contribution is 2.17. The Kier molecular flexibility index (Phi) is 6.48. The van der Waals surface area contributed by atoms with E-state index in [4.69, 9.17) is 5.11 Å². The van der Waals surface area contributed by atoms with Gasteiger partial charge in [0.05, 0.1) is 4.90 Å². The van der Waals surface area contributed by atoms with E-state index < -0.39 is 10.0 Å². The molecule has 19 heavy (non-hydrogen) atoms. The van der Waals surface area contributed by atoms with Crippen LogP contribution in [0.25, 0.3) is 0 Å². The molecule has 2 N–H and O–H groups in total. The summed E-state index contributed by atoms with van der Waals surface area (Å²) in [6, 6.07) is 6.99. The van der Waals surface area contributed by atoms with Gasteiger partial charge in [0, 0.05) is 13.2 Å². The molecule has 1 rings (SSSR count). The van der Waals surface area contributed by atoms with Crippen molar-refractivity contribution in [3.63, 3.8) is 0 Å². The molecule has 1 aromatic rings. The van der Waals surface area contributed by atoms with Crippen LogP contribution >= 0.6 is 0 Å². The zero-order valence-corrected chi connectivity index (χ0v) is 12.4. The maximum absolute atomic E-state index is 12.0. The summed E-state index contributed by atoms with van der Waals surface area (Å²) in [7, 11) is -3.40. The van der Waals surface area contributed by atoms with Crippen LogP contribution in [0, 0.1) is 0 Å². The summed E-state index contributed by atoms with van der Waals surface area (Å²) >= 11 is 0. The zero-order valence-electron chi connectivity index (χ0n) is 11.6. The molecule has 0 saturated heterocycles. The number of nitrogens with one attached hydrogen (secondary N) is 1. The van der Waals surface area contributed by atoms with E-state index in [9.17, 15) is 8.42 Å². The predicted molar refractivity (Wildman–Crippen MR) is 76.7 cm³/mol. The van der Waals surface area contributed by atoms with E-state index in [-0.39, 0.29) is 6.61 Å². The van der Waals surface area contributed by atoms with Crippen LogP contribution in [0.3, 0.4) is 0 Å². The first-order valence-electron chi connectivity index (χ1n) is 6.68. The molecule has 0 amide bonds. The minimum atomic E-state index is -3.40. The lowest BCUT2D eigenvalue weighted by atomic mass is 10.0. The van der Waals surface area contributed by atoms with Gasteiger partial charge in [0.25, 0.3) is 0 Å². The van der Waals surface area contributed by atoms with Crippen molar-refractivity contribution in [1.29, 1.82) is 0 Å². The number of rotatable bonds is 8. The van der Waals surface area contributed by atoms with Gasteiger partial charge in [0.15, 0.2) is 0 Å². The molecular formula is C14H23NO3S. The van der Waals surface area contributed by atoms with Gasteiger partial charge in [-0.05, 0) is 42.9 Å². The Morgan fingerprint density at radius 3 is 2.26 bits per heavy atom. The van der Waals surface area contributed by atoms with Gasteiger partial charge in [-0.1, -0.05) is 26.0 Å². The van der Waals surface area contributed by atoms with Gasteiger partial charge in [0.1, 0.15) is 0 Å². The van der Waals surface area contributed by atoms with Crippen molar-refractivity contribution in [2.75, 3.05) is 13.2 Å². The van der Waals surface area contributed by atoms with Crippen LogP contribution < -0.4 is 4.72 Å². The van der Waals surface area contributed by atoms with Crippen LogP contribution in [0.1, 0.15) is 44.6 Å². The molecule has 0 aromatic heterocycles. The summed E-state index contributed by atoms with van der Waals surface area (Å²) in [5, 5.41) is 8.64. The van der Waals surface area contributed by atoms with Crippen molar-refractivity contribution >= 4 is 10.0 Å². The van der Waals surface area contributed by atoms with Crippen LogP contribution in [0.15, 0.2) is 29.2 Å². The first-order valence-corrected chi connectivity index (χ1v) is 8.16. The number of unbranched alkanes of at least 4 members (excludes halogenated alkanes) is 2. The molecule has 0 aliphatic carbocycles. The summed E-state index contributed by atoms with van der Waals surface area (Å²) in [5.41, 5.74) is 1.13. The normalized spacial score (nSPS) is 12.0.